The van der Waals surface area contributed by atoms with Gasteiger partial charge in [-0.25, -0.2) is 9.78 Å². The molecule has 1 aliphatic rings. The molecule has 136 valence electrons. The summed E-state index contributed by atoms with van der Waals surface area (Å²) in [6.45, 7) is 6.43. The van der Waals surface area contributed by atoms with Crippen LogP contribution in [0.15, 0.2) is 16.7 Å². The summed E-state index contributed by atoms with van der Waals surface area (Å²) in [5, 5.41) is 0.385. The third kappa shape index (κ3) is 3.47. The second-order valence-electron chi connectivity index (χ2n) is 6.91. The van der Waals surface area contributed by atoms with Crippen LogP contribution in [-0.2, 0) is 24.0 Å². The van der Waals surface area contributed by atoms with Crippen molar-refractivity contribution in [1.82, 2.24) is 14.5 Å². The van der Waals surface area contributed by atoms with Crippen LogP contribution in [0.5, 0.6) is 0 Å². The van der Waals surface area contributed by atoms with Crippen molar-refractivity contribution in [2.45, 2.75) is 45.6 Å². The number of pyridine rings is 1. The first-order chi connectivity index (χ1) is 11.5. The van der Waals surface area contributed by atoms with Gasteiger partial charge in [-0.05, 0) is 42.8 Å². The van der Waals surface area contributed by atoms with Gasteiger partial charge in [0.25, 0.3) is 0 Å². The number of nitrogens with zero attached hydrogens (tertiary/aromatic N) is 3. The highest BCUT2D eigenvalue weighted by atomic mass is 79.9. The first-order valence-corrected chi connectivity index (χ1v) is 8.48. The molecule has 0 aromatic carbocycles. The minimum Gasteiger partial charge on any atom is -0.444 e. The van der Waals surface area contributed by atoms with Crippen molar-refractivity contribution in [3.05, 3.63) is 28.0 Å². The lowest BCUT2D eigenvalue weighted by Gasteiger charge is -2.31. The Morgan fingerprint density at radius 2 is 1.96 bits per heavy atom. The zero-order valence-corrected chi connectivity index (χ0v) is 15.5. The van der Waals surface area contributed by atoms with Gasteiger partial charge in [0.1, 0.15) is 11.2 Å². The predicted molar refractivity (Wildman–Crippen MR) is 89.1 cm³/mol. The average molecular weight is 420 g/mol. The molecule has 0 radical (unpaired) electrons. The lowest BCUT2D eigenvalue weighted by atomic mass is 10.2. The molecule has 0 spiro atoms. The monoisotopic (exact) mass is 419 g/mol. The zero-order valence-electron chi connectivity index (χ0n) is 13.9. The summed E-state index contributed by atoms with van der Waals surface area (Å²) in [5.74, 6) is 0. The van der Waals surface area contributed by atoms with Crippen molar-refractivity contribution < 1.29 is 22.7 Å². The number of carbonyl (C=O) groups is 1. The molecule has 0 aliphatic carbocycles. The summed E-state index contributed by atoms with van der Waals surface area (Å²) < 4.78 is 46.5. The molecule has 3 heterocycles. The van der Waals surface area contributed by atoms with Gasteiger partial charge >= 0.3 is 12.3 Å². The van der Waals surface area contributed by atoms with Crippen LogP contribution in [0.3, 0.4) is 0 Å². The van der Waals surface area contributed by atoms with Crippen molar-refractivity contribution in [1.29, 1.82) is 0 Å². The quantitative estimate of drug-likeness (QED) is 0.628. The highest BCUT2D eigenvalue weighted by Crippen LogP contribution is 2.37. The van der Waals surface area contributed by atoms with Crippen molar-refractivity contribution in [3.8, 4) is 0 Å². The summed E-state index contributed by atoms with van der Waals surface area (Å²) >= 11 is 3.37. The van der Waals surface area contributed by atoms with Gasteiger partial charge in [0.2, 0.25) is 0 Å². The van der Waals surface area contributed by atoms with E-state index in [-0.39, 0.29) is 6.54 Å². The molecule has 1 amide bonds. The number of hydrogen-bond donors (Lipinski definition) is 0. The molecule has 2 aromatic rings. The van der Waals surface area contributed by atoms with Crippen LogP contribution in [-0.4, -0.2) is 32.7 Å². The Labute approximate surface area is 150 Å². The predicted octanol–water partition coefficient (Wildman–Crippen LogP) is 4.57. The summed E-state index contributed by atoms with van der Waals surface area (Å²) in [6.07, 6.45) is -4.06. The summed E-state index contributed by atoms with van der Waals surface area (Å²) in [5.41, 5.74) is -0.230. The average Bonchev–Trinajstić information content (AvgIpc) is 2.77. The molecule has 9 heteroatoms. The van der Waals surface area contributed by atoms with Gasteiger partial charge in [0.15, 0.2) is 0 Å². The highest BCUT2D eigenvalue weighted by Gasteiger charge is 2.33. The molecule has 0 N–H and O–H groups in total. The van der Waals surface area contributed by atoms with Gasteiger partial charge in [-0.15, -0.1) is 0 Å². The first-order valence-electron chi connectivity index (χ1n) is 7.69. The molecule has 1 aliphatic heterocycles. The molecule has 0 unspecified atom stereocenters. The van der Waals surface area contributed by atoms with Crippen molar-refractivity contribution in [2.75, 3.05) is 6.54 Å². The fourth-order valence-corrected chi connectivity index (χ4v) is 3.38. The molecule has 3 rings (SSSR count). The van der Waals surface area contributed by atoms with Crippen LogP contribution in [0.25, 0.3) is 11.0 Å². The van der Waals surface area contributed by atoms with E-state index in [4.69, 9.17) is 4.74 Å². The summed E-state index contributed by atoms with van der Waals surface area (Å²) in [6, 6.07) is 1.08. The maximum Gasteiger partial charge on any atom is 0.417 e. The normalized spacial score (nSPS) is 15.4. The van der Waals surface area contributed by atoms with Gasteiger partial charge in [-0.1, -0.05) is 0 Å². The van der Waals surface area contributed by atoms with Crippen LogP contribution in [0.1, 0.15) is 32.0 Å². The second kappa shape index (κ2) is 5.89. The van der Waals surface area contributed by atoms with E-state index in [0.717, 1.165) is 12.3 Å². The topological polar surface area (TPSA) is 47.4 Å². The summed E-state index contributed by atoms with van der Waals surface area (Å²) in [7, 11) is 0. The maximum absolute atomic E-state index is 12.9. The van der Waals surface area contributed by atoms with Crippen molar-refractivity contribution in [3.63, 3.8) is 0 Å². The molecule has 0 bridgehead atoms. The summed E-state index contributed by atoms with van der Waals surface area (Å²) in [4.78, 5) is 17.8. The van der Waals surface area contributed by atoms with Crippen LogP contribution >= 0.6 is 15.9 Å². The number of alkyl halides is 3. The van der Waals surface area contributed by atoms with Gasteiger partial charge in [-0.3, -0.25) is 0 Å². The number of aromatic nitrogens is 2. The molecular weight excluding hydrogens is 403 g/mol. The number of hydrogen-bond acceptors (Lipinski definition) is 3. The Hall–Kier alpha value is -1.77. The van der Waals surface area contributed by atoms with E-state index in [0.29, 0.717) is 34.3 Å². The van der Waals surface area contributed by atoms with E-state index in [9.17, 15) is 18.0 Å². The molecule has 2 aromatic heterocycles. The molecule has 0 fully saturated rings. The minimum absolute atomic E-state index is 0.243. The Morgan fingerprint density at radius 3 is 2.56 bits per heavy atom. The number of ether oxygens (including phenoxy) is 1. The van der Waals surface area contributed by atoms with Crippen molar-refractivity contribution >= 4 is 33.1 Å². The van der Waals surface area contributed by atoms with Gasteiger partial charge in [0, 0.05) is 29.1 Å². The van der Waals surface area contributed by atoms with Gasteiger partial charge < -0.3 is 14.2 Å². The first kappa shape index (κ1) is 18.0. The van der Waals surface area contributed by atoms with Crippen LogP contribution in [0.4, 0.5) is 18.0 Å². The minimum atomic E-state index is -4.45. The largest absolute Gasteiger partial charge is 0.444 e. The Balaban J connectivity index is 1.96. The third-order valence-corrected chi connectivity index (χ3v) is 4.74. The number of amides is 1. The molecule has 0 saturated heterocycles. The fourth-order valence-electron chi connectivity index (χ4n) is 2.75. The van der Waals surface area contributed by atoms with Gasteiger partial charge in [0.05, 0.1) is 17.8 Å². The van der Waals surface area contributed by atoms with E-state index < -0.39 is 23.4 Å². The maximum atomic E-state index is 12.9. The zero-order chi connectivity index (χ0) is 18.6. The molecule has 25 heavy (non-hydrogen) atoms. The number of rotatable bonds is 0. The number of fused-ring (bicyclic) bond motifs is 3. The Kier molecular flexibility index (Phi) is 4.25. The molecular formula is C16H17BrF3N3O2. The van der Waals surface area contributed by atoms with E-state index in [2.05, 4.69) is 20.9 Å². The lowest BCUT2D eigenvalue weighted by Crippen LogP contribution is -2.41. The van der Waals surface area contributed by atoms with Crippen LogP contribution in [0, 0.1) is 0 Å². The molecule has 5 nitrogen and oxygen atoms in total. The van der Waals surface area contributed by atoms with Crippen molar-refractivity contribution in [2.24, 2.45) is 0 Å². The van der Waals surface area contributed by atoms with E-state index in [1.165, 1.54) is 4.90 Å². The standard InChI is InChI=1S/C16H17BrF3N3O2/c1-15(2,3)25-14(24)22-4-5-23-11(8-22)12(17)10-6-9(16(18,19)20)7-21-13(10)23/h6-7H,4-5,8H2,1-3H3. The highest BCUT2D eigenvalue weighted by molar-refractivity contribution is 9.10. The molecule has 0 saturated carbocycles. The number of halogens is 4. The Bertz CT molecular complexity index is 840. The molecule has 0 atom stereocenters. The van der Waals surface area contributed by atoms with Crippen LogP contribution in [0.2, 0.25) is 0 Å². The van der Waals surface area contributed by atoms with Gasteiger partial charge in [-0.2, -0.15) is 13.2 Å². The smallest absolute Gasteiger partial charge is 0.417 e. The Morgan fingerprint density at radius 1 is 1.28 bits per heavy atom. The third-order valence-electron chi connectivity index (χ3n) is 3.85. The number of carbonyl (C=O) groups excluding carboxylic acids is 1. The van der Waals surface area contributed by atoms with Crippen LogP contribution < -0.4 is 0 Å². The fraction of sp³-hybridized carbons (Fsp3) is 0.500. The SMILES string of the molecule is CC(C)(C)OC(=O)N1CCn2c(c(Br)c3cc(C(F)(F)F)cnc32)C1. The lowest BCUT2D eigenvalue weighted by molar-refractivity contribution is -0.137. The van der Waals surface area contributed by atoms with E-state index in [1.54, 1.807) is 20.8 Å². The van der Waals surface area contributed by atoms with E-state index >= 15 is 0 Å². The second-order valence-corrected chi connectivity index (χ2v) is 7.70. The van der Waals surface area contributed by atoms with E-state index in [1.807, 2.05) is 4.57 Å².